The van der Waals surface area contributed by atoms with E-state index < -0.39 is 0 Å². The minimum Gasteiger partial charge on any atom is -0.488 e. The summed E-state index contributed by atoms with van der Waals surface area (Å²) in [6.45, 7) is 0.436. The molecule has 6 heteroatoms. The average Bonchev–Trinajstić information content (AvgIpc) is 3.24. The minimum atomic E-state index is -0.0901. The van der Waals surface area contributed by atoms with Gasteiger partial charge in [0.15, 0.2) is 4.96 Å². The fourth-order valence-corrected chi connectivity index (χ4v) is 4.41. The number of hydrogen-bond donors (Lipinski definition) is 0. The van der Waals surface area contributed by atoms with Crippen LogP contribution in [0.5, 0.6) is 5.75 Å². The molecular formula is C23H15ClN2O2S. The monoisotopic (exact) mass is 418 g/mol. The van der Waals surface area contributed by atoms with Gasteiger partial charge < -0.3 is 4.74 Å². The molecule has 2 aromatic heterocycles. The number of imidazole rings is 1. The molecule has 0 fully saturated rings. The van der Waals surface area contributed by atoms with E-state index in [1.165, 1.54) is 11.3 Å². The average molecular weight is 419 g/mol. The number of halogens is 1. The number of thiazole rings is 1. The van der Waals surface area contributed by atoms with E-state index in [1.54, 1.807) is 10.5 Å². The van der Waals surface area contributed by atoms with Crippen LogP contribution in [0.3, 0.4) is 0 Å². The van der Waals surface area contributed by atoms with Gasteiger partial charge in [-0.15, -0.1) is 0 Å². The lowest BCUT2D eigenvalue weighted by molar-refractivity contribution is 0.305. The molecule has 2 heterocycles. The Morgan fingerprint density at radius 2 is 1.83 bits per heavy atom. The minimum absolute atomic E-state index is 0.0901. The van der Waals surface area contributed by atoms with Crippen molar-refractivity contribution in [3.05, 3.63) is 104 Å². The van der Waals surface area contributed by atoms with Gasteiger partial charge in [0.1, 0.15) is 12.4 Å². The quantitative estimate of drug-likeness (QED) is 0.425. The predicted molar refractivity (Wildman–Crippen MR) is 118 cm³/mol. The van der Waals surface area contributed by atoms with Crippen LogP contribution in [0, 0.1) is 0 Å². The summed E-state index contributed by atoms with van der Waals surface area (Å²) in [5, 5.41) is 0.586. The molecule has 0 atom stereocenters. The van der Waals surface area contributed by atoms with Gasteiger partial charge in [-0.1, -0.05) is 65.4 Å². The number of ether oxygens (including phenoxy) is 1. The molecule has 5 aromatic rings. The molecule has 0 unspecified atom stereocenters. The second kappa shape index (κ2) is 7.35. The molecule has 0 saturated carbocycles. The van der Waals surface area contributed by atoms with Crippen molar-refractivity contribution in [1.82, 2.24) is 9.38 Å². The number of hydrogen-bond acceptors (Lipinski definition) is 4. The van der Waals surface area contributed by atoms with Crippen molar-refractivity contribution >= 4 is 45.0 Å². The number of rotatable bonds is 4. The first-order valence-electron chi connectivity index (χ1n) is 9.07. The van der Waals surface area contributed by atoms with E-state index >= 15 is 0 Å². The van der Waals surface area contributed by atoms with Crippen LogP contribution in [0.4, 0.5) is 0 Å². The maximum atomic E-state index is 13.0. The van der Waals surface area contributed by atoms with E-state index in [2.05, 4.69) is 4.98 Å². The summed E-state index contributed by atoms with van der Waals surface area (Å²) in [5.41, 5.74) is 3.37. The van der Waals surface area contributed by atoms with Crippen molar-refractivity contribution in [2.75, 3.05) is 0 Å². The van der Waals surface area contributed by atoms with E-state index in [9.17, 15) is 4.79 Å². The zero-order valence-corrected chi connectivity index (χ0v) is 16.8. The molecule has 142 valence electrons. The Bertz CT molecular complexity index is 1440. The molecule has 0 radical (unpaired) electrons. The third kappa shape index (κ3) is 3.39. The van der Waals surface area contributed by atoms with Crippen LogP contribution in [-0.4, -0.2) is 9.38 Å². The number of nitrogens with zero attached hydrogens (tertiary/aromatic N) is 2. The highest BCUT2D eigenvalue weighted by molar-refractivity contribution is 7.15. The third-order valence-corrected chi connectivity index (χ3v) is 5.84. The van der Waals surface area contributed by atoms with Crippen molar-refractivity contribution in [2.45, 2.75) is 6.61 Å². The van der Waals surface area contributed by atoms with Gasteiger partial charge in [0.05, 0.1) is 15.6 Å². The van der Waals surface area contributed by atoms with Crippen molar-refractivity contribution in [3.8, 4) is 5.75 Å². The van der Waals surface area contributed by atoms with Gasteiger partial charge in [-0.3, -0.25) is 4.79 Å². The summed E-state index contributed by atoms with van der Waals surface area (Å²) in [6.07, 6.45) is 1.82. The Kier molecular flexibility index (Phi) is 4.54. The summed E-state index contributed by atoms with van der Waals surface area (Å²) in [7, 11) is 0. The smallest absolute Gasteiger partial charge is 0.274 e. The Labute approximate surface area is 175 Å². The van der Waals surface area contributed by atoms with Crippen LogP contribution < -0.4 is 14.8 Å². The number of fused-ring (bicyclic) bond motifs is 3. The molecular weight excluding hydrogens is 404 g/mol. The summed E-state index contributed by atoms with van der Waals surface area (Å²) >= 11 is 7.57. The molecule has 0 aliphatic heterocycles. The molecule has 0 spiro atoms. The highest BCUT2D eigenvalue weighted by atomic mass is 35.5. The number of benzene rings is 3. The van der Waals surface area contributed by atoms with Crippen LogP contribution in [0.2, 0.25) is 5.02 Å². The maximum Gasteiger partial charge on any atom is 0.274 e. The Morgan fingerprint density at radius 3 is 2.69 bits per heavy atom. The fraction of sp³-hybridized carbons (Fsp3) is 0.0435. The van der Waals surface area contributed by atoms with Crippen molar-refractivity contribution < 1.29 is 4.74 Å². The Balaban J connectivity index is 1.59. The van der Waals surface area contributed by atoms with Gasteiger partial charge in [0, 0.05) is 10.6 Å². The van der Waals surface area contributed by atoms with Gasteiger partial charge in [-0.2, -0.15) is 0 Å². The van der Waals surface area contributed by atoms with E-state index in [-0.39, 0.29) is 5.56 Å². The van der Waals surface area contributed by atoms with Gasteiger partial charge in [0.25, 0.3) is 5.56 Å². The lowest BCUT2D eigenvalue weighted by atomic mass is 10.2. The molecule has 0 aliphatic carbocycles. The molecule has 0 aliphatic rings. The maximum absolute atomic E-state index is 13.0. The number of aromatic nitrogens is 2. The zero-order chi connectivity index (χ0) is 19.8. The van der Waals surface area contributed by atoms with Gasteiger partial charge >= 0.3 is 0 Å². The first-order chi connectivity index (χ1) is 14.2. The second-order valence-electron chi connectivity index (χ2n) is 6.59. The standard InChI is InChI=1S/C23H15ClN2O2S/c24-17-10-11-20(28-14-15-6-2-1-3-7-15)16(12-17)13-21-22(27)26-19-9-5-4-8-18(19)25-23(26)29-21/h1-13H,14H2/b21-13-. The highest BCUT2D eigenvalue weighted by Crippen LogP contribution is 2.25. The largest absolute Gasteiger partial charge is 0.488 e. The molecule has 5 rings (SSSR count). The van der Waals surface area contributed by atoms with Crippen LogP contribution in [0.1, 0.15) is 11.1 Å². The number of para-hydroxylation sites is 2. The van der Waals surface area contributed by atoms with Crippen LogP contribution in [0.15, 0.2) is 77.6 Å². The van der Waals surface area contributed by atoms with Crippen LogP contribution in [-0.2, 0) is 6.61 Å². The Morgan fingerprint density at radius 1 is 1.03 bits per heavy atom. The highest BCUT2D eigenvalue weighted by Gasteiger charge is 2.11. The fourth-order valence-electron chi connectivity index (χ4n) is 3.25. The molecule has 4 nitrogen and oxygen atoms in total. The summed E-state index contributed by atoms with van der Waals surface area (Å²) in [6, 6.07) is 23.0. The van der Waals surface area contributed by atoms with Crippen LogP contribution in [0.25, 0.3) is 22.1 Å². The lowest BCUT2D eigenvalue weighted by Gasteiger charge is -2.09. The second-order valence-corrected chi connectivity index (χ2v) is 8.04. The molecule has 29 heavy (non-hydrogen) atoms. The van der Waals surface area contributed by atoms with Gasteiger partial charge in [-0.05, 0) is 42.0 Å². The van der Waals surface area contributed by atoms with Crippen molar-refractivity contribution in [2.24, 2.45) is 0 Å². The molecule has 3 aromatic carbocycles. The topological polar surface area (TPSA) is 43.6 Å². The van der Waals surface area contributed by atoms with Crippen molar-refractivity contribution in [1.29, 1.82) is 0 Å². The van der Waals surface area contributed by atoms with Gasteiger partial charge in [0.2, 0.25) is 0 Å². The van der Waals surface area contributed by atoms with Crippen molar-refractivity contribution in [3.63, 3.8) is 0 Å². The Hall–Kier alpha value is -3.15. The summed E-state index contributed by atoms with van der Waals surface area (Å²) in [4.78, 5) is 18.2. The first-order valence-corrected chi connectivity index (χ1v) is 10.3. The molecule has 0 amide bonds. The normalized spacial score (nSPS) is 12.1. The van der Waals surface area contributed by atoms with E-state index in [1.807, 2.05) is 72.8 Å². The zero-order valence-electron chi connectivity index (χ0n) is 15.2. The van der Waals surface area contributed by atoms with E-state index in [0.29, 0.717) is 26.9 Å². The first kappa shape index (κ1) is 17.9. The molecule has 0 bridgehead atoms. The third-order valence-electron chi connectivity index (χ3n) is 4.64. The summed E-state index contributed by atoms with van der Waals surface area (Å²) in [5.74, 6) is 0.675. The molecule has 0 saturated heterocycles. The van der Waals surface area contributed by atoms with E-state index in [4.69, 9.17) is 16.3 Å². The molecule has 0 N–H and O–H groups in total. The van der Waals surface area contributed by atoms with Gasteiger partial charge in [-0.25, -0.2) is 9.38 Å². The summed E-state index contributed by atoms with van der Waals surface area (Å²) < 4.78 is 8.25. The van der Waals surface area contributed by atoms with E-state index in [0.717, 1.165) is 22.2 Å². The predicted octanol–water partition coefficient (Wildman–Crippen LogP) is 4.69. The van der Waals surface area contributed by atoms with Crippen LogP contribution >= 0.6 is 22.9 Å². The SMILES string of the molecule is O=c1/c(=C/c2cc(Cl)ccc2OCc2ccccc2)sc2nc3ccccc3n12. The lowest BCUT2D eigenvalue weighted by Crippen LogP contribution is -2.22.